The standard InChI is InChI=1S/C19H23ClN2O5S/c1-14-6-4-7-16(12-14)27-11-5-10-21-19(23)15-8-9-17(20)18(13-15)28(24,25)22(2)26-3/h4,6-9,12-13H,5,10-11H2,1-3H3,(H,21,23). The number of nitrogens with one attached hydrogen (secondary N) is 1. The first kappa shape index (κ1) is 22.2. The van der Waals surface area contributed by atoms with Gasteiger partial charge in [0.1, 0.15) is 10.6 Å². The van der Waals surface area contributed by atoms with Gasteiger partial charge in [-0.1, -0.05) is 28.2 Å². The zero-order valence-corrected chi connectivity index (χ0v) is 17.5. The molecule has 0 atom stereocenters. The molecule has 1 amide bonds. The topological polar surface area (TPSA) is 84.9 Å². The second-order valence-corrected chi connectivity index (χ2v) is 8.33. The molecule has 7 nitrogen and oxygen atoms in total. The number of hydroxylamine groups is 1. The quantitative estimate of drug-likeness (QED) is 0.492. The predicted molar refractivity (Wildman–Crippen MR) is 107 cm³/mol. The number of carbonyl (C=O) groups is 1. The van der Waals surface area contributed by atoms with E-state index in [1.54, 1.807) is 0 Å². The lowest BCUT2D eigenvalue weighted by Crippen LogP contribution is -2.28. The van der Waals surface area contributed by atoms with E-state index >= 15 is 0 Å². The Morgan fingerprint density at radius 1 is 1.21 bits per heavy atom. The van der Waals surface area contributed by atoms with Crippen LogP contribution in [0.2, 0.25) is 5.02 Å². The van der Waals surface area contributed by atoms with Gasteiger partial charge < -0.3 is 10.1 Å². The molecule has 0 fully saturated rings. The summed E-state index contributed by atoms with van der Waals surface area (Å²) in [6.45, 7) is 2.81. The summed E-state index contributed by atoms with van der Waals surface area (Å²) in [6, 6.07) is 11.8. The number of amides is 1. The summed E-state index contributed by atoms with van der Waals surface area (Å²) in [5.41, 5.74) is 1.30. The third-order valence-corrected chi connectivity index (χ3v) is 6.09. The SMILES string of the molecule is CON(C)S(=O)(=O)c1cc(C(=O)NCCCOc2cccc(C)c2)ccc1Cl. The smallest absolute Gasteiger partial charge is 0.266 e. The maximum Gasteiger partial charge on any atom is 0.266 e. The predicted octanol–water partition coefficient (Wildman–Crippen LogP) is 3.03. The van der Waals surface area contributed by atoms with Gasteiger partial charge in [0, 0.05) is 19.2 Å². The normalized spacial score (nSPS) is 11.5. The summed E-state index contributed by atoms with van der Waals surface area (Å²) in [6.07, 6.45) is 0.602. The number of sulfonamides is 1. The van der Waals surface area contributed by atoms with Gasteiger partial charge in [-0.3, -0.25) is 9.63 Å². The Hall–Kier alpha value is -2.13. The molecule has 0 aliphatic rings. The minimum Gasteiger partial charge on any atom is -0.494 e. The molecule has 0 saturated carbocycles. The maximum atomic E-state index is 12.4. The molecule has 0 spiro atoms. The zero-order valence-electron chi connectivity index (χ0n) is 15.9. The Bertz CT molecular complexity index is 934. The van der Waals surface area contributed by atoms with Crippen LogP contribution in [0.1, 0.15) is 22.3 Å². The number of nitrogens with zero attached hydrogens (tertiary/aromatic N) is 1. The van der Waals surface area contributed by atoms with Crippen LogP contribution in [-0.4, -0.2) is 46.1 Å². The third kappa shape index (κ3) is 5.68. The van der Waals surface area contributed by atoms with E-state index in [9.17, 15) is 13.2 Å². The number of rotatable bonds is 9. The molecule has 0 saturated heterocycles. The van der Waals surface area contributed by atoms with Crippen molar-refractivity contribution in [3.63, 3.8) is 0 Å². The van der Waals surface area contributed by atoms with Crippen molar-refractivity contribution in [2.75, 3.05) is 27.3 Å². The fourth-order valence-electron chi connectivity index (χ4n) is 2.35. The number of aryl methyl sites for hydroxylation is 1. The van der Waals surface area contributed by atoms with E-state index in [0.29, 0.717) is 24.0 Å². The van der Waals surface area contributed by atoms with Crippen molar-refractivity contribution < 1.29 is 22.8 Å². The number of ether oxygens (including phenoxy) is 1. The lowest BCUT2D eigenvalue weighted by atomic mass is 10.2. The molecule has 0 aliphatic heterocycles. The molecule has 0 aliphatic carbocycles. The van der Waals surface area contributed by atoms with Crippen molar-refractivity contribution >= 4 is 27.5 Å². The van der Waals surface area contributed by atoms with Crippen LogP contribution in [0.5, 0.6) is 5.75 Å². The third-order valence-electron chi connectivity index (χ3n) is 3.93. The van der Waals surface area contributed by atoms with Gasteiger partial charge in [0.05, 0.1) is 18.7 Å². The largest absolute Gasteiger partial charge is 0.494 e. The van der Waals surface area contributed by atoms with Crippen LogP contribution >= 0.6 is 11.6 Å². The maximum absolute atomic E-state index is 12.4. The van der Waals surface area contributed by atoms with Crippen LogP contribution in [0.15, 0.2) is 47.4 Å². The molecule has 28 heavy (non-hydrogen) atoms. The van der Waals surface area contributed by atoms with Crippen molar-refractivity contribution in [1.82, 2.24) is 9.79 Å². The lowest BCUT2D eigenvalue weighted by Gasteiger charge is -2.16. The van der Waals surface area contributed by atoms with Crippen LogP contribution in [0.4, 0.5) is 0 Å². The van der Waals surface area contributed by atoms with Crippen LogP contribution in [0.3, 0.4) is 0 Å². The van der Waals surface area contributed by atoms with E-state index in [-0.39, 0.29) is 15.5 Å². The van der Waals surface area contributed by atoms with Crippen molar-refractivity contribution in [3.05, 3.63) is 58.6 Å². The Labute approximate surface area is 170 Å². The van der Waals surface area contributed by atoms with Crippen LogP contribution in [-0.2, 0) is 14.9 Å². The Balaban J connectivity index is 1.93. The summed E-state index contributed by atoms with van der Waals surface area (Å²) in [4.78, 5) is 16.9. The van der Waals surface area contributed by atoms with Crippen LogP contribution in [0.25, 0.3) is 0 Å². The van der Waals surface area contributed by atoms with Crippen molar-refractivity contribution in [1.29, 1.82) is 0 Å². The summed E-state index contributed by atoms with van der Waals surface area (Å²) in [5, 5.41) is 2.74. The van der Waals surface area contributed by atoms with Gasteiger partial charge in [0.2, 0.25) is 0 Å². The van der Waals surface area contributed by atoms with Gasteiger partial charge in [0.25, 0.3) is 15.9 Å². The molecular weight excluding hydrogens is 404 g/mol. The van der Waals surface area contributed by atoms with Gasteiger partial charge in [-0.2, -0.15) is 0 Å². The van der Waals surface area contributed by atoms with E-state index in [1.807, 2.05) is 31.2 Å². The number of halogens is 1. The summed E-state index contributed by atoms with van der Waals surface area (Å²) < 4.78 is 31.1. The summed E-state index contributed by atoms with van der Waals surface area (Å²) in [7, 11) is -1.49. The molecule has 0 bridgehead atoms. The Morgan fingerprint density at radius 3 is 2.64 bits per heavy atom. The summed E-state index contributed by atoms with van der Waals surface area (Å²) in [5.74, 6) is 0.380. The number of hydrogen-bond donors (Lipinski definition) is 1. The van der Waals surface area contributed by atoms with Gasteiger partial charge in [-0.15, -0.1) is 0 Å². The second-order valence-electron chi connectivity index (χ2n) is 6.02. The van der Waals surface area contributed by atoms with Gasteiger partial charge in [-0.05, 0) is 49.2 Å². The molecule has 2 aromatic rings. The van der Waals surface area contributed by atoms with E-state index in [1.165, 1.54) is 32.4 Å². The van der Waals surface area contributed by atoms with Crippen molar-refractivity contribution in [2.45, 2.75) is 18.2 Å². The van der Waals surface area contributed by atoms with Crippen molar-refractivity contribution in [3.8, 4) is 5.75 Å². The van der Waals surface area contributed by atoms with Crippen molar-refractivity contribution in [2.24, 2.45) is 0 Å². The number of hydrogen-bond acceptors (Lipinski definition) is 5. The highest BCUT2D eigenvalue weighted by Gasteiger charge is 2.25. The zero-order chi connectivity index (χ0) is 20.7. The minimum absolute atomic E-state index is 0.00649. The highest BCUT2D eigenvalue weighted by molar-refractivity contribution is 7.89. The first-order valence-corrected chi connectivity index (χ1v) is 10.4. The van der Waals surface area contributed by atoms with Gasteiger partial charge >= 0.3 is 0 Å². The van der Waals surface area contributed by atoms with E-state index in [0.717, 1.165) is 11.3 Å². The molecule has 2 rings (SSSR count). The van der Waals surface area contributed by atoms with Gasteiger partial charge in [-0.25, -0.2) is 8.42 Å². The molecular formula is C19H23ClN2O5S. The molecule has 152 valence electrons. The molecule has 0 heterocycles. The molecule has 1 N–H and O–H groups in total. The molecule has 0 unspecified atom stereocenters. The monoisotopic (exact) mass is 426 g/mol. The Kier molecular flexibility index (Phi) is 7.82. The first-order valence-electron chi connectivity index (χ1n) is 8.56. The van der Waals surface area contributed by atoms with E-state index < -0.39 is 15.9 Å². The molecule has 0 aromatic heterocycles. The molecule has 9 heteroatoms. The average molecular weight is 427 g/mol. The van der Waals surface area contributed by atoms with Gasteiger partial charge in [0.15, 0.2) is 0 Å². The first-order chi connectivity index (χ1) is 13.3. The second kappa shape index (κ2) is 9.88. The van der Waals surface area contributed by atoms with Crippen LogP contribution < -0.4 is 10.1 Å². The minimum atomic E-state index is -3.96. The van der Waals surface area contributed by atoms with E-state index in [4.69, 9.17) is 21.2 Å². The highest BCUT2D eigenvalue weighted by Crippen LogP contribution is 2.25. The molecule has 0 radical (unpaired) electrons. The highest BCUT2D eigenvalue weighted by atomic mass is 35.5. The van der Waals surface area contributed by atoms with Crippen LogP contribution in [0, 0.1) is 6.92 Å². The number of carbonyl (C=O) groups excluding carboxylic acids is 1. The Morgan fingerprint density at radius 2 is 1.96 bits per heavy atom. The van der Waals surface area contributed by atoms with E-state index in [2.05, 4.69) is 5.32 Å². The fourth-order valence-corrected chi connectivity index (χ4v) is 3.82. The fraction of sp³-hybridized carbons (Fsp3) is 0.316. The summed E-state index contributed by atoms with van der Waals surface area (Å²) >= 11 is 5.99. The molecule has 2 aromatic carbocycles. The average Bonchev–Trinajstić information content (AvgIpc) is 2.67. The lowest BCUT2D eigenvalue weighted by molar-refractivity contribution is -0.0258. The number of benzene rings is 2.